The smallest absolute Gasteiger partial charge is 0.307 e. The van der Waals surface area contributed by atoms with Crippen molar-refractivity contribution < 1.29 is 19.4 Å². The van der Waals surface area contributed by atoms with Crippen molar-refractivity contribution in [2.24, 2.45) is 5.92 Å². The maximum atomic E-state index is 10.7. The molecule has 0 aliphatic heterocycles. The van der Waals surface area contributed by atoms with Crippen molar-refractivity contribution in [1.82, 2.24) is 0 Å². The average molecular weight is 280 g/mol. The monoisotopic (exact) mass is 280 g/mol. The van der Waals surface area contributed by atoms with Crippen LogP contribution < -0.4 is 0 Å². The normalized spacial score (nSPS) is 13.1. The first kappa shape index (κ1) is 16.6. The Hall–Kier alpha value is -0.360. The lowest BCUT2D eigenvalue weighted by Crippen LogP contribution is -2.28. The Morgan fingerprint density at radius 1 is 1.47 bits per heavy atom. The number of carboxylic acids is 1. The van der Waals surface area contributed by atoms with Crippen molar-refractivity contribution in [2.75, 3.05) is 12.4 Å². The predicted molar refractivity (Wildman–Crippen MR) is 72.2 cm³/mol. The topological polar surface area (TPSA) is 63.6 Å². The quantitative estimate of drug-likeness (QED) is 0.490. The van der Waals surface area contributed by atoms with Crippen LogP contribution >= 0.6 is 21.6 Å². The predicted octanol–water partition coefficient (Wildman–Crippen LogP) is 2.82. The second-order valence-electron chi connectivity index (χ2n) is 3.90. The summed E-state index contributed by atoms with van der Waals surface area (Å²) in [7, 11) is 3.16. The van der Waals surface area contributed by atoms with Gasteiger partial charge in [0.15, 0.2) is 0 Å². The molecule has 0 saturated heterocycles. The SMILES string of the molecule is CCC(CC)(COC=O)SSCC(C)C(=O)O. The molecule has 4 nitrogen and oxygen atoms in total. The molecule has 1 N–H and O–H groups in total. The third-order valence-corrected chi connectivity index (χ3v) is 6.30. The molecule has 0 aromatic carbocycles. The van der Waals surface area contributed by atoms with Gasteiger partial charge in [-0.3, -0.25) is 9.59 Å². The first-order valence-electron chi connectivity index (χ1n) is 5.60. The fourth-order valence-electron chi connectivity index (χ4n) is 1.11. The molecule has 1 atom stereocenters. The molecule has 0 aliphatic carbocycles. The number of rotatable bonds is 10. The van der Waals surface area contributed by atoms with Crippen molar-refractivity contribution in [3.63, 3.8) is 0 Å². The molecule has 17 heavy (non-hydrogen) atoms. The van der Waals surface area contributed by atoms with Crippen molar-refractivity contribution >= 4 is 34.0 Å². The fourth-order valence-corrected chi connectivity index (χ4v) is 4.55. The highest BCUT2D eigenvalue weighted by Crippen LogP contribution is 2.41. The van der Waals surface area contributed by atoms with Crippen LogP contribution in [-0.2, 0) is 14.3 Å². The van der Waals surface area contributed by atoms with Crippen LogP contribution in [0.4, 0.5) is 0 Å². The summed E-state index contributed by atoms with van der Waals surface area (Å²) in [6.07, 6.45) is 1.77. The number of ether oxygens (including phenoxy) is 1. The van der Waals surface area contributed by atoms with Crippen molar-refractivity contribution in [2.45, 2.75) is 38.4 Å². The van der Waals surface area contributed by atoms with E-state index in [2.05, 4.69) is 0 Å². The van der Waals surface area contributed by atoms with Gasteiger partial charge in [0.25, 0.3) is 6.47 Å². The molecule has 100 valence electrons. The number of carbonyl (C=O) groups is 2. The Morgan fingerprint density at radius 3 is 2.47 bits per heavy atom. The molecule has 0 fully saturated rings. The molecule has 0 rings (SSSR count). The van der Waals surface area contributed by atoms with Gasteiger partial charge in [0.1, 0.15) is 6.61 Å². The maximum absolute atomic E-state index is 10.7. The summed E-state index contributed by atoms with van der Waals surface area (Å²) in [5.41, 5.74) is 0. The van der Waals surface area contributed by atoms with Crippen LogP contribution in [0.2, 0.25) is 0 Å². The molecule has 0 bridgehead atoms. The minimum absolute atomic E-state index is 0.107. The minimum atomic E-state index is -0.777. The van der Waals surface area contributed by atoms with Gasteiger partial charge in [-0.1, -0.05) is 42.4 Å². The Bertz CT molecular complexity index is 242. The number of carbonyl (C=O) groups excluding carboxylic acids is 1. The van der Waals surface area contributed by atoms with Gasteiger partial charge < -0.3 is 9.84 Å². The lowest BCUT2D eigenvalue weighted by atomic mass is 10.0. The molecule has 0 radical (unpaired) electrons. The largest absolute Gasteiger partial charge is 0.481 e. The van der Waals surface area contributed by atoms with Gasteiger partial charge in [-0.2, -0.15) is 0 Å². The zero-order chi connectivity index (χ0) is 13.3. The molecule has 0 saturated carbocycles. The summed E-state index contributed by atoms with van der Waals surface area (Å²) in [6, 6.07) is 0. The highest BCUT2D eigenvalue weighted by atomic mass is 33.1. The third kappa shape index (κ3) is 6.21. The molecule has 0 aromatic rings. The highest BCUT2D eigenvalue weighted by molar-refractivity contribution is 8.77. The van der Waals surface area contributed by atoms with Gasteiger partial charge >= 0.3 is 5.97 Å². The molecule has 1 unspecified atom stereocenters. The summed E-state index contributed by atoms with van der Waals surface area (Å²) in [4.78, 5) is 20.9. The fraction of sp³-hybridized carbons (Fsp3) is 0.818. The first-order valence-corrected chi connectivity index (χ1v) is 7.92. The second kappa shape index (κ2) is 8.69. The van der Waals surface area contributed by atoms with E-state index in [-0.39, 0.29) is 10.7 Å². The van der Waals surface area contributed by atoms with Crippen molar-refractivity contribution in [3.8, 4) is 0 Å². The van der Waals surface area contributed by atoms with Gasteiger partial charge in [0.05, 0.1) is 10.7 Å². The molecular weight excluding hydrogens is 260 g/mol. The van der Waals surface area contributed by atoms with E-state index in [4.69, 9.17) is 9.84 Å². The molecule has 0 spiro atoms. The van der Waals surface area contributed by atoms with E-state index in [9.17, 15) is 9.59 Å². The van der Waals surface area contributed by atoms with Gasteiger partial charge in [-0.25, -0.2) is 0 Å². The first-order chi connectivity index (χ1) is 8.01. The molecule has 0 aromatic heterocycles. The van der Waals surface area contributed by atoms with Crippen LogP contribution in [0.1, 0.15) is 33.6 Å². The van der Waals surface area contributed by atoms with Crippen LogP contribution in [0.3, 0.4) is 0 Å². The molecular formula is C11H20O4S2. The Kier molecular flexibility index (Phi) is 8.51. The Labute approximate surface area is 110 Å². The van der Waals surface area contributed by atoms with E-state index in [1.807, 2.05) is 13.8 Å². The van der Waals surface area contributed by atoms with E-state index < -0.39 is 5.97 Å². The summed E-state index contributed by atoms with van der Waals surface area (Å²) >= 11 is 0. The van der Waals surface area contributed by atoms with Crippen LogP contribution in [0.15, 0.2) is 0 Å². The number of aliphatic carboxylic acids is 1. The van der Waals surface area contributed by atoms with E-state index in [1.54, 1.807) is 17.7 Å². The number of carboxylic acid groups (broad SMARTS) is 1. The molecule has 0 amide bonds. The summed E-state index contributed by atoms with van der Waals surface area (Å²) in [6.45, 7) is 6.63. The van der Waals surface area contributed by atoms with Gasteiger partial charge in [0, 0.05) is 5.75 Å². The van der Waals surface area contributed by atoms with E-state index >= 15 is 0 Å². The average Bonchev–Trinajstić information content (AvgIpc) is 2.33. The van der Waals surface area contributed by atoms with Crippen LogP contribution in [0.5, 0.6) is 0 Å². The molecule has 0 heterocycles. The van der Waals surface area contributed by atoms with E-state index in [0.717, 1.165) is 12.8 Å². The van der Waals surface area contributed by atoms with Crippen LogP contribution in [0.25, 0.3) is 0 Å². The number of hydrogen-bond donors (Lipinski definition) is 1. The van der Waals surface area contributed by atoms with Gasteiger partial charge in [0.2, 0.25) is 0 Å². The van der Waals surface area contributed by atoms with Gasteiger partial charge in [-0.15, -0.1) is 0 Å². The van der Waals surface area contributed by atoms with Crippen LogP contribution in [-0.4, -0.2) is 34.7 Å². The maximum Gasteiger partial charge on any atom is 0.307 e. The van der Waals surface area contributed by atoms with Crippen LogP contribution in [0, 0.1) is 5.92 Å². The third-order valence-electron chi connectivity index (χ3n) is 2.68. The Morgan fingerprint density at radius 2 is 2.06 bits per heavy atom. The van der Waals surface area contributed by atoms with E-state index in [1.165, 1.54) is 10.8 Å². The second-order valence-corrected chi connectivity index (χ2v) is 6.71. The summed E-state index contributed by atoms with van der Waals surface area (Å²) in [5, 5.41) is 8.77. The van der Waals surface area contributed by atoms with Crippen molar-refractivity contribution in [3.05, 3.63) is 0 Å². The lowest BCUT2D eigenvalue weighted by Gasteiger charge is -2.29. The number of hydrogen-bond acceptors (Lipinski definition) is 5. The Balaban J connectivity index is 4.16. The zero-order valence-electron chi connectivity index (χ0n) is 10.5. The highest BCUT2D eigenvalue weighted by Gasteiger charge is 2.28. The standard InChI is InChI=1S/C11H20O4S2/c1-4-11(5-2,7-15-8-12)17-16-6-9(3)10(13)14/h8-9H,4-7H2,1-3H3,(H,13,14). The minimum Gasteiger partial charge on any atom is -0.481 e. The zero-order valence-corrected chi connectivity index (χ0v) is 12.1. The van der Waals surface area contributed by atoms with Crippen molar-refractivity contribution in [1.29, 1.82) is 0 Å². The molecule has 0 aliphatic rings. The van der Waals surface area contributed by atoms with E-state index in [0.29, 0.717) is 18.8 Å². The summed E-state index contributed by atoms with van der Waals surface area (Å²) in [5.74, 6) is -0.574. The summed E-state index contributed by atoms with van der Waals surface area (Å²) < 4.78 is 4.75. The lowest BCUT2D eigenvalue weighted by molar-refractivity contribution is -0.140. The van der Waals surface area contributed by atoms with Gasteiger partial charge in [-0.05, 0) is 12.8 Å². The molecule has 6 heteroatoms.